The number of benzene rings is 1. The van der Waals surface area contributed by atoms with Gasteiger partial charge in [0.2, 0.25) is 0 Å². The number of nitrogens with one attached hydrogen (secondary N) is 1. The van der Waals surface area contributed by atoms with Gasteiger partial charge in [-0.3, -0.25) is 4.79 Å². The van der Waals surface area contributed by atoms with E-state index in [9.17, 15) is 14.9 Å². The number of likely N-dealkylation sites (tertiary alicyclic amines) is 2. The molecule has 2 amide bonds. The Morgan fingerprint density at radius 1 is 1.02 bits per heavy atom. The second kappa shape index (κ2) is 13.5. The molecule has 6 rings (SSSR count). The summed E-state index contributed by atoms with van der Waals surface area (Å²) in [5.41, 5.74) is 0.0953. The molecule has 3 saturated heterocycles. The molecule has 270 valence electrons. The summed E-state index contributed by atoms with van der Waals surface area (Å²) >= 11 is 6.24. The number of carbonyl (C=O) groups excluding carboxylic acids is 2. The molecule has 10 nitrogen and oxygen atoms in total. The first-order valence-corrected chi connectivity index (χ1v) is 18.5. The molecule has 4 heterocycles. The Balaban J connectivity index is 0.938. The number of hydrogen-bond donors (Lipinski definition) is 1. The van der Waals surface area contributed by atoms with Gasteiger partial charge in [-0.05, 0) is 89.7 Å². The monoisotopic (exact) mass is 704 g/mol. The second-order valence-electron chi connectivity index (χ2n) is 17.3. The van der Waals surface area contributed by atoms with Gasteiger partial charge in [-0.15, -0.1) is 0 Å². The first-order chi connectivity index (χ1) is 23.5. The van der Waals surface area contributed by atoms with Crippen molar-refractivity contribution >= 4 is 29.4 Å². The lowest BCUT2D eigenvalue weighted by Crippen LogP contribution is -2.74. The molecule has 1 saturated carbocycles. The van der Waals surface area contributed by atoms with Crippen LogP contribution in [0.2, 0.25) is 5.02 Å². The number of piperidine rings is 2. The van der Waals surface area contributed by atoms with Crippen LogP contribution in [0.4, 0.5) is 10.6 Å². The topological polar surface area (TPSA) is 111 Å². The van der Waals surface area contributed by atoms with Crippen molar-refractivity contribution in [3.05, 3.63) is 52.7 Å². The molecule has 1 N–H and O–H groups in total. The molecule has 1 aromatic heterocycles. The first-order valence-electron chi connectivity index (χ1n) is 18.1. The highest BCUT2D eigenvalue weighted by molar-refractivity contribution is 6.31. The zero-order valence-corrected chi connectivity index (χ0v) is 31.5. The zero-order chi connectivity index (χ0) is 36.1. The number of nitrogens with zero attached hydrogens (tertiary/aromatic N) is 5. The van der Waals surface area contributed by atoms with E-state index in [1.54, 1.807) is 24.4 Å². The lowest BCUT2D eigenvalue weighted by atomic mass is 9.49. The fourth-order valence-corrected chi connectivity index (χ4v) is 9.19. The molecule has 4 aliphatic rings. The van der Waals surface area contributed by atoms with Crippen LogP contribution in [0, 0.1) is 33.5 Å². The van der Waals surface area contributed by atoms with Gasteiger partial charge in [0, 0.05) is 67.3 Å². The molecule has 50 heavy (non-hydrogen) atoms. The molecular formula is C39H53ClN6O4. The van der Waals surface area contributed by atoms with E-state index in [2.05, 4.69) is 48.9 Å². The van der Waals surface area contributed by atoms with Crippen LogP contribution in [0.15, 0.2) is 36.5 Å². The van der Waals surface area contributed by atoms with E-state index in [0.717, 1.165) is 77.3 Å². The van der Waals surface area contributed by atoms with Crippen LogP contribution in [-0.4, -0.2) is 90.3 Å². The maximum Gasteiger partial charge on any atom is 0.410 e. The molecule has 0 radical (unpaired) electrons. The van der Waals surface area contributed by atoms with Gasteiger partial charge in [-0.25, -0.2) is 9.78 Å². The maximum atomic E-state index is 13.4. The molecule has 11 heteroatoms. The van der Waals surface area contributed by atoms with Crippen molar-refractivity contribution in [3.8, 4) is 11.8 Å². The summed E-state index contributed by atoms with van der Waals surface area (Å²) in [4.78, 5) is 37.3. The Labute approximate surface area is 302 Å². The summed E-state index contributed by atoms with van der Waals surface area (Å²) in [6.07, 6.45) is 5.89. The van der Waals surface area contributed by atoms with Crippen molar-refractivity contribution in [2.75, 3.05) is 50.7 Å². The number of rotatable bonds is 7. The second-order valence-corrected chi connectivity index (χ2v) is 17.7. The van der Waals surface area contributed by atoms with E-state index in [1.165, 1.54) is 0 Å². The summed E-state index contributed by atoms with van der Waals surface area (Å²) in [5, 5.41) is 12.8. The van der Waals surface area contributed by atoms with Crippen LogP contribution in [0.1, 0.15) is 90.1 Å². The highest BCUT2D eigenvalue weighted by Gasteiger charge is 2.64. The average Bonchev–Trinajstić information content (AvgIpc) is 3.05. The van der Waals surface area contributed by atoms with Crippen LogP contribution in [0.5, 0.6) is 5.75 Å². The fraction of sp³-hybridized carbons (Fsp3) is 0.641. The van der Waals surface area contributed by atoms with Crippen molar-refractivity contribution in [3.63, 3.8) is 0 Å². The number of ether oxygens (including phenoxy) is 2. The molecule has 0 bridgehead atoms. The first kappa shape index (κ1) is 36.2. The summed E-state index contributed by atoms with van der Waals surface area (Å²) in [6.45, 7) is 21.0. The smallest absolute Gasteiger partial charge is 0.410 e. The SMILES string of the molecule is CC(C)(C)OC(=O)N1CC2(CCN(CC3CCN(c4ccc(C(=O)NC5C(C)(C)C(Oc6ccc(C#N)c(Cl)c6)C5(C)C)cn4)CC3)CC2)C1. The summed E-state index contributed by atoms with van der Waals surface area (Å²) < 4.78 is 11.9. The lowest BCUT2D eigenvalue weighted by Gasteiger charge is -2.63. The number of pyridine rings is 1. The Kier molecular flexibility index (Phi) is 9.81. The minimum Gasteiger partial charge on any atom is -0.489 e. The van der Waals surface area contributed by atoms with Crippen LogP contribution in [0.25, 0.3) is 0 Å². The summed E-state index contributed by atoms with van der Waals surface area (Å²) in [7, 11) is 0. The highest BCUT2D eigenvalue weighted by atomic mass is 35.5. The lowest BCUT2D eigenvalue weighted by molar-refractivity contribution is -0.164. The molecule has 3 aliphatic heterocycles. The van der Waals surface area contributed by atoms with Gasteiger partial charge in [0.1, 0.15) is 29.3 Å². The largest absolute Gasteiger partial charge is 0.489 e. The van der Waals surface area contributed by atoms with E-state index < -0.39 is 5.60 Å². The number of anilines is 1. The van der Waals surface area contributed by atoms with Gasteiger partial charge in [0.15, 0.2) is 0 Å². The van der Waals surface area contributed by atoms with Crippen LogP contribution in [-0.2, 0) is 4.74 Å². The molecule has 4 fully saturated rings. The molecule has 1 spiro atoms. The Hall–Kier alpha value is -3.55. The number of halogens is 1. The number of carbonyl (C=O) groups is 2. The molecular weight excluding hydrogens is 652 g/mol. The Bertz CT molecular complexity index is 1590. The normalized spacial score (nSPS) is 24.5. The Morgan fingerprint density at radius 2 is 1.68 bits per heavy atom. The third kappa shape index (κ3) is 7.41. The molecule has 0 atom stereocenters. The van der Waals surface area contributed by atoms with Gasteiger partial charge in [-0.1, -0.05) is 39.3 Å². The Morgan fingerprint density at radius 3 is 2.24 bits per heavy atom. The predicted molar refractivity (Wildman–Crippen MR) is 194 cm³/mol. The van der Waals surface area contributed by atoms with Crippen LogP contribution < -0.4 is 15.0 Å². The van der Waals surface area contributed by atoms with E-state index in [0.29, 0.717) is 27.8 Å². The summed E-state index contributed by atoms with van der Waals surface area (Å²) in [6, 6.07) is 10.9. The third-order valence-electron chi connectivity index (χ3n) is 11.5. The van der Waals surface area contributed by atoms with Crippen molar-refractivity contribution < 1.29 is 19.1 Å². The van der Waals surface area contributed by atoms with Gasteiger partial charge < -0.3 is 29.5 Å². The maximum absolute atomic E-state index is 13.4. The highest BCUT2D eigenvalue weighted by Crippen LogP contribution is 2.55. The molecule has 1 aromatic carbocycles. The number of nitriles is 1. The molecule has 1 aliphatic carbocycles. The van der Waals surface area contributed by atoms with Crippen molar-refractivity contribution in [1.29, 1.82) is 5.26 Å². The molecule has 2 aromatic rings. The average molecular weight is 705 g/mol. The zero-order valence-electron chi connectivity index (χ0n) is 30.7. The fourth-order valence-electron chi connectivity index (χ4n) is 8.97. The van der Waals surface area contributed by atoms with Crippen molar-refractivity contribution in [2.45, 2.75) is 91.9 Å². The number of hydrogen-bond acceptors (Lipinski definition) is 8. The predicted octanol–water partition coefficient (Wildman–Crippen LogP) is 6.77. The number of amides is 2. The van der Waals surface area contributed by atoms with E-state index in [-0.39, 0.29) is 40.4 Å². The van der Waals surface area contributed by atoms with Crippen molar-refractivity contribution in [2.24, 2.45) is 22.2 Å². The third-order valence-corrected chi connectivity index (χ3v) is 11.8. The van der Waals surface area contributed by atoms with Crippen molar-refractivity contribution in [1.82, 2.24) is 20.1 Å². The minimum absolute atomic E-state index is 0.119. The van der Waals surface area contributed by atoms with E-state index in [4.69, 9.17) is 26.1 Å². The standard InChI is InChI=1S/C39H53ClN6O4/c1-36(2,3)50-35(48)46-24-39(25-46)14-18-44(19-15-39)23-26-12-16-45(17-13-26)31-11-9-28(22-42-31)32(47)43-33-37(4,5)34(38(33,6)7)49-29-10-8-27(21-41)30(40)20-29/h8-11,20,22,26,33-34H,12-19,23-25H2,1-7H3,(H,43,47). The van der Waals surface area contributed by atoms with E-state index >= 15 is 0 Å². The quantitative estimate of drug-likeness (QED) is 0.337. The van der Waals surface area contributed by atoms with Gasteiger partial charge in [-0.2, -0.15) is 5.26 Å². The van der Waals surface area contributed by atoms with Crippen LogP contribution in [0.3, 0.4) is 0 Å². The minimum atomic E-state index is -0.450. The summed E-state index contributed by atoms with van der Waals surface area (Å²) in [5.74, 6) is 2.05. The van der Waals surface area contributed by atoms with Gasteiger partial charge >= 0.3 is 6.09 Å². The van der Waals surface area contributed by atoms with E-state index in [1.807, 2.05) is 37.8 Å². The van der Waals surface area contributed by atoms with Crippen LogP contribution >= 0.6 is 11.6 Å². The van der Waals surface area contributed by atoms with Gasteiger partial charge in [0.05, 0.1) is 16.1 Å². The van der Waals surface area contributed by atoms with Gasteiger partial charge in [0.25, 0.3) is 5.91 Å². The number of aromatic nitrogens is 1. The molecule has 0 unspecified atom stereocenters.